The first-order valence-corrected chi connectivity index (χ1v) is 6.46. The fourth-order valence-corrected chi connectivity index (χ4v) is 2.67. The standard InChI is InChI=1S/C11H12N6S/c12-10(13)8-3-1-2-4-9(8)18-11-14-15-16-17(11)7-5-6-7/h1-4,7H,5-6H2,(H3,12,13). The fourth-order valence-electron chi connectivity index (χ4n) is 1.68. The molecule has 3 rings (SSSR count). The van der Waals surface area contributed by atoms with Crippen molar-refractivity contribution in [2.45, 2.75) is 28.9 Å². The molecule has 0 bridgehead atoms. The van der Waals surface area contributed by atoms with Crippen molar-refractivity contribution in [2.24, 2.45) is 5.73 Å². The van der Waals surface area contributed by atoms with E-state index in [0.29, 0.717) is 11.6 Å². The van der Waals surface area contributed by atoms with Crippen molar-refractivity contribution in [3.63, 3.8) is 0 Å². The number of nitrogen functional groups attached to an aromatic ring is 1. The number of hydrogen-bond acceptors (Lipinski definition) is 5. The molecule has 1 aliphatic rings. The third-order valence-corrected chi connectivity index (χ3v) is 3.76. The quantitative estimate of drug-likeness (QED) is 0.641. The third kappa shape index (κ3) is 2.08. The molecule has 0 spiro atoms. The van der Waals surface area contributed by atoms with Gasteiger partial charge >= 0.3 is 0 Å². The van der Waals surface area contributed by atoms with Gasteiger partial charge in [0.05, 0.1) is 6.04 Å². The van der Waals surface area contributed by atoms with E-state index >= 15 is 0 Å². The molecule has 7 heteroatoms. The molecule has 0 atom stereocenters. The highest BCUT2D eigenvalue weighted by Gasteiger charge is 2.28. The minimum atomic E-state index is 0.0588. The Morgan fingerprint density at radius 3 is 2.89 bits per heavy atom. The van der Waals surface area contributed by atoms with Crippen molar-refractivity contribution in [1.82, 2.24) is 20.2 Å². The van der Waals surface area contributed by atoms with Crippen LogP contribution in [-0.2, 0) is 0 Å². The van der Waals surface area contributed by atoms with Crippen molar-refractivity contribution in [3.8, 4) is 0 Å². The second kappa shape index (κ2) is 4.41. The molecule has 1 heterocycles. The number of hydrogen-bond donors (Lipinski definition) is 2. The molecule has 0 aliphatic heterocycles. The van der Waals surface area contributed by atoms with Crippen molar-refractivity contribution in [2.75, 3.05) is 0 Å². The Morgan fingerprint density at radius 2 is 2.17 bits per heavy atom. The van der Waals surface area contributed by atoms with Gasteiger partial charge in [0.1, 0.15) is 5.84 Å². The maximum Gasteiger partial charge on any atom is 0.214 e. The predicted molar refractivity (Wildman–Crippen MR) is 67.7 cm³/mol. The summed E-state index contributed by atoms with van der Waals surface area (Å²) in [6.07, 6.45) is 2.26. The first-order chi connectivity index (χ1) is 8.75. The zero-order valence-electron chi connectivity index (χ0n) is 9.58. The number of benzene rings is 1. The van der Waals surface area contributed by atoms with Crippen molar-refractivity contribution in [3.05, 3.63) is 29.8 Å². The van der Waals surface area contributed by atoms with E-state index in [0.717, 1.165) is 22.9 Å². The van der Waals surface area contributed by atoms with Gasteiger partial charge in [-0.2, -0.15) is 0 Å². The topological polar surface area (TPSA) is 93.5 Å². The first-order valence-electron chi connectivity index (χ1n) is 5.65. The molecule has 6 nitrogen and oxygen atoms in total. The summed E-state index contributed by atoms with van der Waals surface area (Å²) in [4.78, 5) is 0.904. The van der Waals surface area contributed by atoms with Crippen LogP contribution in [0.25, 0.3) is 0 Å². The zero-order chi connectivity index (χ0) is 12.5. The molecule has 1 saturated carbocycles. The van der Waals surface area contributed by atoms with Gasteiger partial charge in [-0.3, -0.25) is 5.41 Å². The Balaban J connectivity index is 1.92. The maximum atomic E-state index is 7.56. The van der Waals surface area contributed by atoms with E-state index in [9.17, 15) is 0 Å². The molecule has 0 saturated heterocycles. The van der Waals surface area contributed by atoms with E-state index in [1.54, 1.807) is 0 Å². The van der Waals surface area contributed by atoms with E-state index in [4.69, 9.17) is 11.1 Å². The summed E-state index contributed by atoms with van der Waals surface area (Å²) >= 11 is 1.45. The molecule has 18 heavy (non-hydrogen) atoms. The van der Waals surface area contributed by atoms with Crippen LogP contribution in [0.4, 0.5) is 0 Å². The smallest absolute Gasteiger partial charge is 0.214 e. The summed E-state index contributed by atoms with van der Waals surface area (Å²) in [5.41, 5.74) is 6.28. The number of tetrazole rings is 1. The minimum Gasteiger partial charge on any atom is -0.384 e. The van der Waals surface area contributed by atoms with Gasteiger partial charge in [0.2, 0.25) is 5.16 Å². The van der Waals surface area contributed by atoms with Gasteiger partial charge in [0, 0.05) is 10.5 Å². The van der Waals surface area contributed by atoms with Crippen LogP contribution in [-0.4, -0.2) is 26.0 Å². The van der Waals surface area contributed by atoms with Crippen LogP contribution in [0.2, 0.25) is 0 Å². The molecule has 1 aliphatic carbocycles. The Morgan fingerprint density at radius 1 is 1.39 bits per heavy atom. The summed E-state index contributed by atoms with van der Waals surface area (Å²) in [7, 11) is 0. The summed E-state index contributed by atoms with van der Waals surface area (Å²) in [6.45, 7) is 0. The average Bonchev–Trinajstić information content (AvgIpc) is 3.11. The van der Waals surface area contributed by atoms with E-state index < -0.39 is 0 Å². The van der Waals surface area contributed by atoms with Gasteiger partial charge in [-0.25, -0.2) is 4.68 Å². The van der Waals surface area contributed by atoms with E-state index in [-0.39, 0.29) is 5.84 Å². The zero-order valence-corrected chi connectivity index (χ0v) is 10.4. The van der Waals surface area contributed by atoms with E-state index in [2.05, 4.69) is 15.5 Å². The summed E-state index contributed by atoms with van der Waals surface area (Å²) in [5.74, 6) is 0.0588. The Bertz CT molecular complexity index is 589. The second-order valence-corrected chi connectivity index (χ2v) is 5.16. The van der Waals surface area contributed by atoms with Gasteiger partial charge in [0.25, 0.3) is 0 Å². The maximum absolute atomic E-state index is 7.56. The lowest BCUT2D eigenvalue weighted by Gasteiger charge is -2.06. The van der Waals surface area contributed by atoms with Crippen molar-refractivity contribution >= 4 is 17.6 Å². The lowest BCUT2D eigenvalue weighted by atomic mass is 10.2. The number of rotatable bonds is 4. The highest BCUT2D eigenvalue weighted by molar-refractivity contribution is 7.99. The molecular weight excluding hydrogens is 248 g/mol. The number of nitrogens with one attached hydrogen (secondary N) is 1. The number of aromatic nitrogens is 4. The van der Waals surface area contributed by atoms with Crippen LogP contribution >= 0.6 is 11.8 Å². The highest BCUT2D eigenvalue weighted by Crippen LogP contribution is 2.38. The first kappa shape index (κ1) is 11.2. The van der Waals surface area contributed by atoms with Crippen LogP contribution in [0.5, 0.6) is 0 Å². The van der Waals surface area contributed by atoms with Gasteiger partial charge in [-0.15, -0.1) is 5.10 Å². The van der Waals surface area contributed by atoms with Crippen LogP contribution in [0, 0.1) is 5.41 Å². The normalized spacial score (nSPS) is 14.7. The summed E-state index contributed by atoms with van der Waals surface area (Å²) in [5, 5.41) is 20.1. The minimum absolute atomic E-state index is 0.0588. The largest absolute Gasteiger partial charge is 0.384 e. The summed E-state index contributed by atoms with van der Waals surface area (Å²) < 4.78 is 1.85. The van der Waals surface area contributed by atoms with Gasteiger partial charge in [0.15, 0.2) is 0 Å². The molecule has 0 radical (unpaired) electrons. The molecule has 1 aromatic heterocycles. The van der Waals surface area contributed by atoms with Crippen molar-refractivity contribution in [1.29, 1.82) is 5.41 Å². The number of amidine groups is 1. The monoisotopic (exact) mass is 260 g/mol. The summed E-state index contributed by atoms with van der Waals surface area (Å²) in [6, 6.07) is 7.97. The molecule has 92 valence electrons. The Hall–Kier alpha value is -1.89. The van der Waals surface area contributed by atoms with E-state index in [1.807, 2.05) is 28.9 Å². The molecule has 1 fully saturated rings. The van der Waals surface area contributed by atoms with Crippen LogP contribution in [0.3, 0.4) is 0 Å². The van der Waals surface area contributed by atoms with Crippen LogP contribution in [0.1, 0.15) is 24.4 Å². The molecule has 0 amide bonds. The lowest BCUT2D eigenvalue weighted by molar-refractivity contribution is 0.565. The van der Waals surface area contributed by atoms with Crippen LogP contribution < -0.4 is 5.73 Å². The van der Waals surface area contributed by atoms with Gasteiger partial charge in [-0.05, 0) is 41.1 Å². The SMILES string of the molecule is N=C(N)c1ccccc1Sc1nnnn1C1CC1. The number of nitrogens with two attached hydrogens (primary N) is 1. The van der Waals surface area contributed by atoms with Gasteiger partial charge < -0.3 is 5.73 Å². The fraction of sp³-hybridized carbons (Fsp3) is 0.273. The van der Waals surface area contributed by atoms with Crippen LogP contribution in [0.15, 0.2) is 34.3 Å². The second-order valence-electron chi connectivity index (χ2n) is 4.15. The molecule has 3 N–H and O–H groups in total. The lowest BCUT2D eigenvalue weighted by Crippen LogP contribution is -2.12. The van der Waals surface area contributed by atoms with E-state index in [1.165, 1.54) is 11.8 Å². The van der Waals surface area contributed by atoms with Gasteiger partial charge in [-0.1, -0.05) is 18.2 Å². The highest BCUT2D eigenvalue weighted by atomic mass is 32.2. The molecule has 2 aromatic rings. The molecule has 1 aromatic carbocycles. The third-order valence-electron chi connectivity index (χ3n) is 2.73. The average molecular weight is 260 g/mol. The Labute approximate surface area is 108 Å². The molecule has 0 unspecified atom stereocenters. The predicted octanol–water partition coefficient (Wildman–Crippen LogP) is 1.44. The molecular formula is C11H12N6S. The number of nitrogens with zero attached hydrogens (tertiary/aromatic N) is 4. The Kier molecular flexibility index (Phi) is 2.75. The van der Waals surface area contributed by atoms with Crippen molar-refractivity contribution < 1.29 is 0 Å².